The summed E-state index contributed by atoms with van der Waals surface area (Å²) >= 11 is 11.9. The topological polar surface area (TPSA) is 64.1 Å². The van der Waals surface area contributed by atoms with E-state index in [1.807, 2.05) is 0 Å². The Labute approximate surface area is 200 Å². The summed E-state index contributed by atoms with van der Waals surface area (Å²) in [6, 6.07) is 5.19. The maximum Gasteiger partial charge on any atom is 0.246 e. The fraction of sp³-hybridized carbons (Fsp3) is 0.583. The van der Waals surface area contributed by atoms with Crippen LogP contribution in [0.5, 0.6) is 0 Å². The Morgan fingerprint density at radius 1 is 1.22 bits per heavy atom. The molecule has 2 heterocycles. The standard InChI is InChI=1S/C24H33Cl2N3O3/c1-18-3-2-10-27(16-18)17-20(30)8-11-28-13-14-29(12-9-24(28)32)23(31)7-5-19-4-6-21(25)22(26)15-19/h4-7,15,18,20,30H,2-3,8-14,16-17H2,1H3. The van der Waals surface area contributed by atoms with Crippen LogP contribution in [-0.4, -0.2) is 83.5 Å². The van der Waals surface area contributed by atoms with Crippen molar-refractivity contribution in [2.24, 2.45) is 5.92 Å². The SMILES string of the molecule is CC1CCCN(CC(O)CCN2CCN(C(=O)C=Cc3ccc(Cl)c(Cl)c3)CCC2=O)C1. The number of aliphatic hydroxyl groups is 1. The Hall–Kier alpha value is -1.60. The van der Waals surface area contributed by atoms with Gasteiger partial charge in [-0.15, -0.1) is 0 Å². The van der Waals surface area contributed by atoms with Crippen LogP contribution in [0, 0.1) is 5.92 Å². The van der Waals surface area contributed by atoms with Gasteiger partial charge in [0.1, 0.15) is 0 Å². The first-order chi connectivity index (χ1) is 15.3. The van der Waals surface area contributed by atoms with Crippen molar-refractivity contribution >= 4 is 41.1 Å². The van der Waals surface area contributed by atoms with Crippen LogP contribution < -0.4 is 0 Å². The van der Waals surface area contributed by atoms with Crippen LogP contribution in [-0.2, 0) is 9.59 Å². The van der Waals surface area contributed by atoms with Gasteiger partial charge in [-0.05, 0) is 55.5 Å². The predicted molar refractivity (Wildman–Crippen MR) is 129 cm³/mol. The molecule has 0 aliphatic carbocycles. The van der Waals surface area contributed by atoms with E-state index in [-0.39, 0.29) is 11.8 Å². The number of carbonyl (C=O) groups is 2. The van der Waals surface area contributed by atoms with Crippen molar-refractivity contribution in [3.05, 3.63) is 39.9 Å². The lowest BCUT2D eigenvalue weighted by Crippen LogP contribution is -2.41. The predicted octanol–water partition coefficient (Wildman–Crippen LogP) is 3.55. The summed E-state index contributed by atoms with van der Waals surface area (Å²) in [6.07, 6.45) is 6.06. The smallest absolute Gasteiger partial charge is 0.246 e. The van der Waals surface area contributed by atoms with Gasteiger partial charge in [0, 0.05) is 51.8 Å². The maximum absolute atomic E-state index is 12.6. The molecule has 2 unspecified atom stereocenters. The molecule has 32 heavy (non-hydrogen) atoms. The summed E-state index contributed by atoms with van der Waals surface area (Å²) in [6.45, 7) is 6.87. The van der Waals surface area contributed by atoms with E-state index in [1.165, 1.54) is 18.9 Å². The van der Waals surface area contributed by atoms with Crippen LogP contribution in [0.4, 0.5) is 0 Å². The third kappa shape index (κ3) is 7.48. The second-order valence-corrected chi connectivity index (χ2v) is 9.73. The van der Waals surface area contributed by atoms with Crippen LogP contribution in [0.1, 0.15) is 38.2 Å². The van der Waals surface area contributed by atoms with E-state index in [9.17, 15) is 14.7 Å². The molecule has 0 aromatic heterocycles. The summed E-state index contributed by atoms with van der Waals surface area (Å²) in [4.78, 5) is 30.9. The Morgan fingerprint density at radius 2 is 2.03 bits per heavy atom. The third-order valence-electron chi connectivity index (χ3n) is 6.20. The first-order valence-corrected chi connectivity index (χ1v) is 12.2. The molecule has 2 atom stereocenters. The number of hydrogen-bond acceptors (Lipinski definition) is 4. The number of nitrogens with zero attached hydrogens (tertiary/aromatic N) is 3. The van der Waals surface area contributed by atoms with Crippen LogP contribution >= 0.6 is 23.2 Å². The minimum Gasteiger partial charge on any atom is -0.392 e. The van der Waals surface area contributed by atoms with Gasteiger partial charge in [-0.1, -0.05) is 36.2 Å². The van der Waals surface area contributed by atoms with Gasteiger partial charge in [-0.25, -0.2) is 0 Å². The number of piperidine rings is 1. The van der Waals surface area contributed by atoms with Gasteiger partial charge >= 0.3 is 0 Å². The largest absolute Gasteiger partial charge is 0.392 e. The van der Waals surface area contributed by atoms with Gasteiger partial charge < -0.3 is 19.8 Å². The van der Waals surface area contributed by atoms with Gasteiger partial charge in [-0.3, -0.25) is 9.59 Å². The molecule has 1 aromatic rings. The molecule has 1 N–H and O–H groups in total. The van der Waals surface area contributed by atoms with E-state index in [2.05, 4.69) is 11.8 Å². The highest BCUT2D eigenvalue weighted by Crippen LogP contribution is 2.23. The maximum atomic E-state index is 12.6. The molecule has 176 valence electrons. The molecular formula is C24H33Cl2N3O3. The van der Waals surface area contributed by atoms with Crippen LogP contribution in [0.2, 0.25) is 10.0 Å². The van der Waals surface area contributed by atoms with E-state index in [0.29, 0.717) is 61.5 Å². The van der Waals surface area contributed by atoms with E-state index < -0.39 is 6.10 Å². The van der Waals surface area contributed by atoms with Gasteiger partial charge in [0.05, 0.1) is 16.1 Å². The van der Waals surface area contributed by atoms with Gasteiger partial charge in [-0.2, -0.15) is 0 Å². The van der Waals surface area contributed by atoms with Crippen molar-refractivity contribution in [3.63, 3.8) is 0 Å². The van der Waals surface area contributed by atoms with Gasteiger partial charge in [0.2, 0.25) is 11.8 Å². The van der Waals surface area contributed by atoms with Crippen molar-refractivity contribution in [2.75, 3.05) is 45.8 Å². The van der Waals surface area contributed by atoms with E-state index in [0.717, 1.165) is 18.7 Å². The van der Waals surface area contributed by atoms with Gasteiger partial charge in [0.25, 0.3) is 0 Å². The third-order valence-corrected chi connectivity index (χ3v) is 6.94. The fourth-order valence-corrected chi connectivity index (χ4v) is 4.67. The highest BCUT2D eigenvalue weighted by Gasteiger charge is 2.24. The zero-order chi connectivity index (χ0) is 23.1. The first kappa shape index (κ1) is 25.0. The Kier molecular flexibility index (Phi) is 9.41. The number of hydrogen-bond donors (Lipinski definition) is 1. The number of carbonyl (C=O) groups excluding carboxylic acids is 2. The number of rotatable bonds is 7. The minimum atomic E-state index is -0.441. The number of amides is 2. The van der Waals surface area contributed by atoms with Crippen LogP contribution in [0.25, 0.3) is 6.08 Å². The molecule has 0 bridgehead atoms. The molecule has 2 fully saturated rings. The zero-order valence-corrected chi connectivity index (χ0v) is 20.2. The molecule has 3 rings (SSSR count). The molecule has 0 spiro atoms. The quantitative estimate of drug-likeness (QED) is 0.604. The lowest BCUT2D eigenvalue weighted by molar-refractivity contribution is -0.130. The molecular weight excluding hydrogens is 449 g/mol. The second-order valence-electron chi connectivity index (χ2n) is 8.91. The lowest BCUT2D eigenvalue weighted by Gasteiger charge is -2.32. The molecule has 8 heteroatoms. The molecule has 2 saturated heterocycles. The summed E-state index contributed by atoms with van der Waals surface area (Å²) in [7, 11) is 0. The van der Waals surface area contributed by atoms with Gasteiger partial charge in [0.15, 0.2) is 0 Å². The Bertz CT molecular complexity index is 833. The summed E-state index contributed by atoms with van der Waals surface area (Å²) in [5.74, 6) is 0.579. The summed E-state index contributed by atoms with van der Waals surface area (Å²) in [5, 5.41) is 11.4. The van der Waals surface area contributed by atoms with Crippen molar-refractivity contribution in [2.45, 2.75) is 38.7 Å². The van der Waals surface area contributed by atoms with E-state index >= 15 is 0 Å². The molecule has 6 nitrogen and oxygen atoms in total. The van der Waals surface area contributed by atoms with Crippen LogP contribution in [0.15, 0.2) is 24.3 Å². The lowest BCUT2D eigenvalue weighted by atomic mass is 10.00. The number of β-amino-alcohol motifs (C(OH)–C–C–N with tert-alkyl or cyclic N) is 1. The number of aliphatic hydroxyl groups excluding tert-OH is 1. The number of benzene rings is 1. The van der Waals surface area contributed by atoms with Crippen LogP contribution in [0.3, 0.4) is 0 Å². The molecule has 1 aromatic carbocycles. The Morgan fingerprint density at radius 3 is 2.78 bits per heavy atom. The fourth-order valence-electron chi connectivity index (χ4n) is 4.36. The van der Waals surface area contributed by atoms with Crippen molar-refractivity contribution in [1.82, 2.24) is 14.7 Å². The van der Waals surface area contributed by atoms with Crippen molar-refractivity contribution in [3.8, 4) is 0 Å². The Balaban J connectivity index is 1.46. The van der Waals surface area contributed by atoms with E-state index in [4.69, 9.17) is 23.2 Å². The average Bonchev–Trinajstić information content (AvgIpc) is 2.94. The normalized spacial score (nSPS) is 21.8. The van der Waals surface area contributed by atoms with E-state index in [1.54, 1.807) is 34.1 Å². The first-order valence-electron chi connectivity index (χ1n) is 11.4. The molecule has 0 saturated carbocycles. The monoisotopic (exact) mass is 481 g/mol. The minimum absolute atomic E-state index is 0.0348. The summed E-state index contributed by atoms with van der Waals surface area (Å²) in [5.41, 5.74) is 0.789. The molecule has 2 amide bonds. The summed E-state index contributed by atoms with van der Waals surface area (Å²) < 4.78 is 0. The van der Waals surface area contributed by atoms with Crippen molar-refractivity contribution in [1.29, 1.82) is 0 Å². The molecule has 0 radical (unpaired) electrons. The zero-order valence-electron chi connectivity index (χ0n) is 18.7. The molecule has 2 aliphatic heterocycles. The second kappa shape index (κ2) is 12.0. The average molecular weight is 482 g/mol. The van der Waals surface area contributed by atoms with Crippen molar-refractivity contribution < 1.29 is 14.7 Å². The number of likely N-dealkylation sites (tertiary alicyclic amines) is 1. The number of halogens is 2. The molecule has 2 aliphatic rings. The highest BCUT2D eigenvalue weighted by atomic mass is 35.5. The highest BCUT2D eigenvalue weighted by molar-refractivity contribution is 6.42.